The molecule has 1 fully saturated rings. The van der Waals surface area contributed by atoms with Gasteiger partial charge in [0.2, 0.25) is 0 Å². The summed E-state index contributed by atoms with van der Waals surface area (Å²) in [4.78, 5) is 25.8. The normalized spacial score (nSPS) is 20.3. The van der Waals surface area contributed by atoms with E-state index in [1.54, 1.807) is 11.8 Å². The van der Waals surface area contributed by atoms with Crippen molar-refractivity contribution in [1.82, 2.24) is 9.47 Å². The second kappa shape index (κ2) is 6.51. The molecule has 0 spiro atoms. The van der Waals surface area contributed by atoms with Gasteiger partial charge < -0.3 is 14.6 Å². The van der Waals surface area contributed by atoms with Gasteiger partial charge in [0.05, 0.1) is 5.41 Å². The summed E-state index contributed by atoms with van der Waals surface area (Å²) in [7, 11) is 0. The van der Waals surface area contributed by atoms with Gasteiger partial charge in [-0.2, -0.15) is 0 Å². The predicted octanol–water partition coefficient (Wildman–Crippen LogP) is 2.67. The van der Waals surface area contributed by atoms with Gasteiger partial charge in [0.1, 0.15) is 5.69 Å². The van der Waals surface area contributed by atoms with Crippen molar-refractivity contribution in [1.29, 1.82) is 0 Å². The minimum absolute atomic E-state index is 0.0852. The molecule has 1 N–H and O–H groups in total. The van der Waals surface area contributed by atoms with Crippen molar-refractivity contribution < 1.29 is 14.7 Å². The van der Waals surface area contributed by atoms with Crippen molar-refractivity contribution in [3.63, 3.8) is 0 Å². The quantitative estimate of drug-likeness (QED) is 0.919. The van der Waals surface area contributed by atoms with Crippen LogP contribution >= 0.6 is 0 Å². The van der Waals surface area contributed by atoms with Crippen LogP contribution in [0.25, 0.3) is 0 Å². The highest BCUT2D eigenvalue weighted by molar-refractivity contribution is 5.93. The van der Waals surface area contributed by atoms with Crippen molar-refractivity contribution in [2.45, 2.75) is 26.3 Å². The summed E-state index contributed by atoms with van der Waals surface area (Å²) >= 11 is 0. The van der Waals surface area contributed by atoms with Crippen LogP contribution in [0, 0.1) is 5.41 Å². The van der Waals surface area contributed by atoms with Crippen LogP contribution in [0.4, 0.5) is 0 Å². The Balaban J connectivity index is 1.69. The van der Waals surface area contributed by atoms with Crippen LogP contribution in [0.2, 0.25) is 0 Å². The van der Waals surface area contributed by atoms with Crippen molar-refractivity contribution in [2.75, 3.05) is 13.1 Å². The number of hydrogen-bond acceptors (Lipinski definition) is 2. The molecule has 5 nitrogen and oxygen atoms in total. The van der Waals surface area contributed by atoms with E-state index in [2.05, 4.69) is 12.1 Å². The van der Waals surface area contributed by atoms with E-state index < -0.39 is 11.4 Å². The fourth-order valence-corrected chi connectivity index (χ4v) is 3.17. The Morgan fingerprint density at radius 2 is 1.92 bits per heavy atom. The Kier molecular flexibility index (Phi) is 4.42. The Morgan fingerprint density at radius 1 is 1.17 bits per heavy atom. The molecule has 1 atom stereocenters. The molecule has 1 aliphatic rings. The van der Waals surface area contributed by atoms with Gasteiger partial charge in [-0.25, -0.2) is 0 Å². The molecule has 3 rings (SSSR count). The molecule has 0 aliphatic carbocycles. The van der Waals surface area contributed by atoms with Crippen molar-refractivity contribution in [3.05, 3.63) is 59.9 Å². The maximum Gasteiger partial charge on any atom is 0.311 e. The molecule has 126 valence electrons. The van der Waals surface area contributed by atoms with Crippen LogP contribution in [0.5, 0.6) is 0 Å². The summed E-state index contributed by atoms with van der Waals surface area (Å²) in [6.07, 6.45) is 3.25. The molecule has 1 aliphatic heterocycles. The Bertz CT molecular complexity index is 738. The summed E-state index contributed by atoms with van der Waals surface area (Å²) in [6.45, 7) is 3.19. The summed E-state index contributed by atoms with van der Waals surface area (Å²) in [5, 5.41) is 9.32. The van der Waals surface area contributed by atoms with Crippen molar-refractivity contribution >= 4 is 11.9 Å². The van der Waals surface area contributed by atoms with Crippen LogP contribution in [-0.2, 0) is 17.8 Å². The van der Waals surface area contributed by atoms with Gasteiger partial charge in [-0.3, -0.25) is 9.59 Å². The number of aromatic nitrogens is 1. The molecule has 5 heteroatoms. The first-order valence-corrected chi connectivity index (χ1v) is 8.21. The first-order chi connectivity index (χ1) is 11.5. The van der Waals surface area contributed by atoms with Gasteiger partial charge in [-0.1, -0.05) is 30.3 Å². The molecule has 2 heterocycles. The summed E-state index contributed by atoms with van der Waals surface area (Å²) in [6, 6.07) is 13.8. The van der Waals surface area contributed by atoms with E-state index >= 15 is 0 Å². The highest BCUT2D eigenvalue weighted by atomic mass is 16.4. The van der Waals surface area contributed by atoms with E-state index in [-0.39, 0.29) is 12.5 Å². The number of amides is 1. The SMILES string of the molecule is C[C@@]1(C(=O)O)CCN(C(=O)c2cccn2CCc2ccccc2)C1. The van der Waals surface area contributed by atoms with Gasteiger partial charge in [0.15, 0.2) is 0 Å². The molecule has 1 aromatic heterocycles. The van der Waals surface area contributed by atoms with Crippen LogP contribution in [0.3, 0.4) is 0 Å². The standard InChI is InChI=1S/C19H22N2O3/c1-19(18(23)24)10-13-21(14-19)17(22)16-8-5-11-20(16)12-9-15-6-3-2-4-7-15/h2-8,11H,9-10,12-14H2,1H3,(H,23,24)/t19-/m1/s1. The lowest BCUT2D eigenvalue weighted by Gasteiger charge is -2.21. The fraction of sp³-hybridized carbons (Fsp3) is 0.368. The van der Waals surface area contributed by atoms with Gasteiger partial charge >= 0.3 is 5.97 Å². The third-order valence-corrected chi connectivity index (χ3v) is 4.81. The summed E-state index contributed by atoms with van der Waals surface area (Å²) in [5.41, 5.74) is 1.02. The van der Waals surface area contributed by atoms with Gasteiger partial charge in [-0.15, -0.1) is 0 Å². The zero-order valence-corrected chi connectivity index (χ0v) is 13.8. The Hall–Kier alpha value is -2.56. The zero-order valence-electron chi connectivity index (χ0n) is 13.8. The van der Waals surface area contributed by atoms with Crippen LogP contribution in [-0.4, -0.2) is 39.5 Å². The third-order valence-electron chi connectivity index (χ3n) is 4.81. The van der Waals surface area contributed by atoms with E-state index in [9.17, 15) is 14.7 Å². The molecular formula is C19H22N2O3. The molecule has 1 aromatic carbocycles. The minimum Gasteiger partial charge on any atom is -0.481 e. The van der Waals surface area contributed by atoms with E-state index in [0.29, 0.717) is 18.7 Å². The smallest absolute Gasteiger partial charge is 0.311 e. The number of hydrogen-bond donors (Lipinski definition) is 1. The summed E-state index contributed by atoms with van der Waals surface area (Å²) in [5.74, 6) is -0.921. The lowest BCUT2D eigenvalue weighted by Crippen LogP contribution is -2.35. The maximum atomic E-state index is 12.8. The van der Waals surface area contributed by atoms with Gasteiger partial charge in [0.25, 0.3) is 5.91 Å². The van der Waals surface area contributed by atoms with Crippen LogP contribution < -0.4 is 0 Å². The number of carbonyl (C=O) groups excluding carboxylic acids is 1. The number of aryl methyl sites for hydroxylation is 2. The number of carbonyl (C=O) groups is 2. The Morgan fingerprint density at radius 3 is 2.58 bits per heavy atom. The van der Waals surface area contributed by atoms with E-state index in [4.69, 9.17) is 0 Å². The first-order valence-electron chi connectivity index (χ1n) is 8.21. The first kappa shape index (κ1) is 16.3. The molecule has 0 bridgehead atoms. The average molecular weight is 326 g/mol. The number of benzene rings is 1. The molecule has 24 heavy (non-hydrogen) atoms. The average Bonchev–Trinajstić information content (AvgIpc) is 3.21. The molecule has 1 amide bonds. The van der Waals surface area contributed by atoms with E-state index in [0.717, 1.165) is 13.0 Å². The highest BCUT2D eigenvalue weighted by Crippen LogP contribution is 2.31. The zero-order chi connectivity index (χ0) is 17.2. The molecular weight excluding hydrogens is 304 g/mol. The number of likely N-dealkylation sites (tertiary alicyclic amines) is 1. The summed E-state index contributed by atoms with van der Waals surface area (Å²) < 4.78 is 1.95. The maximum absolute atomic E-state index is 12.8. The van der Waals surface area contributed by atoms with Crippen molar-refractivity contribution in [3.8, 4) is 0 Å². The molecule has 0 unspecified atom stereocenters. The topological polar surface area (TPSA) is 62.5 Å². The highest BCUT2D eigenvalue weighted by Gasteiger charge is 2.42. The molecule has 0 saturated carbocycles. The van der Waals surface area contributed by atoms with Crippen molar-refractivity contribution in [2.24, 2.45) is 5.41 Å². The number of carboxylic acid groups (broad SMARTS) is 1. The van der Waals surface area contributed by atoms with Gasteiger partial charge in [-0.05, 0) is 37.5 Å². The lowest BCUT2D eigenvalue weighted by atomic mass is 9.90. The number of carboxylic acids is 1. The third kappa shape index (κ3) is 3.20. The monoisotopic (exact) mass is 326 g/mol. The lowest BCUT2D eigenvalue weighted by molar-refractivity contribution is -0.147. The van der Waals surface area contributed by atoms with Crippen LogP contribution in [0.15, 0.2) is 48.7 Å². The van der Waals surface area contributed by atoms with Gasteiger partial charge in [0, 0.05) is 25.8 Å². The number of rotatable bonds is 5. The molecule has 0 radical (unpaired) electrons. The second-order valence-electron chi connectivity index (χ2n) is 6.66. The molecule has 2 aromatic rings. The number of nitrogens with zero attached hydrogens (tertiary/aromatic N) is 2. The van der Waals surface area contributed by atoms with E-state index in [1.165, 1.54) is 5.56 Å². The number of aliphatic carboxylic acids is 1. The second-order valence-corrected chi connectivity index (χ2v) is 6.66. The molecule has 1 saturated heterocycles. The Labute approximate surface area is 141 Å². The largest absolute Gasteiger partial charge is 0.481 e. The van der Waals surface area contributed by atoms with E-state index in [1.807, 2.05) is 41.1 Å². The minimum atomic E-state index is -0.836. The fourth-order valence-electron chi connectivity index (χ4n) is 3.17. The predicted molar refractivity (Wildman–Crippen MR) is 90.8 cm³/mol. The van der Waals surface area contributed by atoms with Crippen LogP contribution in [0.1, 0.15) is 29.4 Å².